The highest BCUT2D eigenvalue weighted by Gasteiger charge is 2.43. The molecule has 0 radical (unpaired) electrons. The fourth-order valence-electron chi connectivity index (χ4n) is 8.88. The van der Waals surface area contributed by atoms with E-state index >= 15 is 0 Å². The van der Waals surface area contributed by atoms with E-state index in [1.807, 2.05) is 6.92 Å². The molecule has 0 spiro atoms. The predicted octanol–water partition coefficient (Wildman–Crippen LogP) is 10.2. The SMILES string of the molecule is CCCN1C(=O)/C(=C2C(=C/C=C3\C(C)/C=C\C=C4\C=CC=C(C4C)N3C(C)CC)/CCC/2=C\C=c2/c3cccc4cccc(c43)n2C(C)CC)C(=O)N(C)C1=O. The molecule has 4 unspecified atom stereocenters. The van der Waals surface area contributed by atoms with Gasteiger partial charge in [0.1, 0.15) is 5.57 Å². The van der Waals surface area contributed by atoms with Gasteiger partial charge >= 0.3 is 6.03 Å². The van der Waals surface area contributed by atoms with Gasteiger partial charge in [0.2, 0.25) is 0 Å². The Morgan fingerprint density at radius 3 is 2.20 bits per heavy atom. The molecule has 7 heteroatoms. The summed E-state index contributed by atoms with van der Waals surface area (Å²) < 4.78 is 2.43. The second kappa shape index (κ2) is 16.0. The molecule has 4 amide bonds. The van der Waals surface area contributed by atoms with Gasteiger partial charge in [-0.2, -0.15) is 0 Å². The molecular weight excluding hydrogens is 693 g/mol. The number of urea groups is 1. The highest BCUT2D eigenvalue weighted by atomic mass is 16.2. The Labute approximate surface area is 332 Å². The van der Waals surface area contributed by atoms with E-state index in [4.69, 9.17) is 0 Å². The third-order valence-electron chi connectivity index (χ3n) is 12.3. The Bertz CT molecular complexity index is 2400. The summed E-state index contributed by atoms with van der Waals surface area (Å²) >= 11 is 0. The van der Waals surface area contributed by atoms with Gasteiger partial charge in [-0.1, -0.05) is 107 Å². The predicted molar refractivity (Wildman–Crippen MR) is 229 cm³/mol. The number of nitrogens with zero attached hydrogens (tertiary/aromatic N) is 4. The zero-order chi connectivity index (χ0) is 39.8. The van der Waals surface area contributed by atoms with E-state index < -0.39 is 17.8 Å². The number of carbonyl (C=O) groups is 3. The summed E-state index contributed by atoms with van der Waals surface area (Å²) in [6, 6.07) is 12.9. The molecule has 1 saturated carbocycles. The highest BCUT2D eigenvalue weighted by Crippen LogP contribution is 2.42. The molecule has 7 rings (SSSR count). The standard InChI is InChI=1S/C49H56N4O3/c1-9-30-51-48(55)46(47(54)50(8)49(51)56)44-37(26-28-40-31(4)16-12-17-35-18-14-22-41(34(35)7)52(40)32(5)10-2)24-25-38(44)27-29-42-39-21-13-19-36-20-15-23-43(45(36)39)53(42)33(6)11-3/h12-23,26-29,31-34H,9-11,24-25,30H2,1-8H3/b16-12-,35-17-,37-26+,38-27+,40-28+,42-29+,46-44-. The largest absolute Gasteiger partial charge is 0.345 e. The van der Waals surface area contributed by atoms with Gasteiger partial charge in [-0.15, -0.1) is 0 Å². The van der Waals surface area contributed by atoms with Gasteiger partial charge in [0.15, 0.2) is 0 Å². The molecule has 3 heterocycles. The lowest BCUT2D eigenvalue weighted by Crippen LogP contribution is -2.55. The fourth-order valence-corrected chi connectivity index (χ4v) is 8.88. The van der Waals surface area contributed by atoms with E-state index in [0.29, 0.717) is 24.8 Å². The molecule has 1 aromatic heterocycles. The fraction of sp³-hybridized carbons (Fsp3) is 0.367. The number of barbiturate groups is 1. The third kappa shape index (κ3) is 6.65. The van der Waals surface area contributed by atoms with Crippen LogP contribution in [0.5, 0.6) is 0 Å². The van der Waals surface area contributed by atoms with Crippen molar-refractivity contribution in [3.63, 3.8) is 0 Å². The number of amides is 4. The number of imide groups is 2. The molecular formula is C49H56N4O3. The Morgan fingerprint density at radius 1 is 0.804 bits per heavy atom. The highest BCUT2D eigenvalue weighted by molar-refractivity contribution is 6.29. The molecule has 2 bridgehead atoms. The zero-order valence-corrected chi connectivity index (χ0v) is 34.3. The minimum absolute atomic E-state index is 0.0757. The first-order valence-electron chi connectivity index (χ1n) is 20.6. The first-order valence-corrected chi connectivity index (χ1v) is 20.6. The van der Waals surface area contributed by atoms with Crippen LogP contribution in [0.2, 0.25) is 0 Å². The van der Waals surface area contributed by atoms with Crippen molar-refractivity contribution >= 4 is 45.6 Å². The normalized spacial score (nSPS) is 27.1. The number of allylic oxidation sites excluding steroid dienone is 13. The van der Waals surface area contributed by atoms with Gasteiger partial charge in [0.25, 0.3) is 11.8 Å². The molecule has 2 aliphatic carbocycles. The van der Waals surface area contributed by atoms with Crippen LogP contribution in [-0.4, -0.2) is 56.7 Å². The maximum absolute atomic E-state index is 14.4. The second-order valence-corrected chi connectivity index (χ2v) is 15.8. The van der Waals surface area contributed by atoms with Crippen molar-refractivity contribution in [3.8, 4) is 0 Å². The Hall–Kier alpha value is -5.43. The van der Waals surface area contributed by atoms with Crippen LogP contribution in [0.4, 0.5) is 4.79 Å². The molecule has 56 heavy (non-hydrogen) atoms. The summed E-state index contributed by atoms with van der Waals surface area (Å²) in [6.07, 6.45) is 25.7. The molecule has 3 aromatic rings. The number of hydrogen-bond acceptors (Lipinski definition) is 4. The van der Waals surface area contributed by atoms with Gasteiger partial charge in [0.05, 0.1) is 0 Å². The molecule has 0 N–H and O–H groups in total. The van der Waals surface area contributed by atoms with Crippen LogP contribution in [-0.2, 0) is 9.59 Å². The number of fused-ring (bicyclic) bond motifs is 2. The van der Waals surface area contributed by atoms with Gasteiger partial charge in [-0.05, 0) is 97.9 Å². The first kappa shape index (κ1) is 38.8. The zero-order valence-electron chi connectivity index (χ0n) is 34.3. The van der Waals surface area contributed by atoms with Crippen molar-refractivity contribution in [2.75, 3.05) is 13.6 Å². The minimum atomic E-state index is -0.571. The molecule has 1 saturated heterocycles. The van der Waals surface area contributed by atoms with Crippen LogP contribution in [0.1, 0.15) is 86.6 Å². The maximum Gasteiger partial charge on any atom is 0.333 e. The lowest BCUT2D eigenvalue weighted by molar-refractivity contribution is -0.135. The average molecular weight is 749 g/mol. The van der Waals surface area contributed by atoms with Crippen LogP contribution in [0.3, 0.4) is 0 Å². The quantitative estimate of drug-likeness (QED) is 0.170. The average Bonchev–Trinajstić information content (AvgIpc) is 3.75. The van der Waals surface area contributed by atoms with E-state index in [1.165, 1.54) is 44.9 Å². The Kier molecular flexibility index (Phi) is 11.1. The number of rotatable bonds is 8. The Balaban J connectivity index is 1.46. The summed E-state index contributed by atoms with van der Waals surface area (Å²) in [5, 5.41) is 4.74. The van der Waals surface area contributed by atoms with Crippen LogP contribution in [0.15, 0.2) is 130 Å². The third-order valence-corrected chi connectivity index (χ3v) is 12.3. The minimum Gasteiger partial charge on any atom is -0.345 e. The van der Waals surface area contributed by atoms with E-state index in [9.17, 15) is 14.4 Å². The Morgan fingerprint density at radius 2 is 1.50 bits per heavy atom. The lowest BCUT2D eigenvalue weighted by Gasteiger charge is -2.40. The molecule has 290 valence electrons. The first-order chi connectivity index (χ1) is 27.0. The molecule has 2 aromatic carbocycles. The summed E-state index contributed by atoms with van der Waals surface area (Å²) in [5.74, 6) is -0.737. The van der Waals surface area contributed by atoms with Crippen LogP contribution in [0, 0.1) is 11.8 Å². The lowest BCUT2D eigenvalue weighted by atomic mass is 9.90. The van der Waals surface area contributed by atoms with Crippen molar-refractivity contribution in [1.29, 1.82) is 0 Å². The van der Waals surface area contributed by atoms with Crippen LogP contribution in [0.25, 0.3) is 27.8 Å². The summed E-state index contributed by atoms with van der Waals surface area (Å²) in [4.78, 5) is 46.7. The van der Waals surface area contributed by atoms with E-state index in [-0.39, 0.29) is 36.0 Å². The number of benzene rings is 2. The van der Waals surface area contributed by atoms with Crippen molar-refractivity contribution in [1.82, 2.24) is 19.3 Å². The van der Waals surface area contributed by atoms with Crippen LogP contribution < -0.4 is 5.35 Å². The van der Waals surface area contributed by atoms with Gasteiger partial charge in [0, 0.05) is 70.5 Å². The number of carbonyl (C=O) groups excluding carboxylic acids is 3. The molecule has 2 fully saturated rings. The topological polar surface area (TPSA) is 65.9 Å². The van der Waals surface area contributed by atoms with E-state index in [1.54, 1.807) is 0 Å². The van der Waals surface area contributed by atoms with E-state index in [0.717, 1.165) is 39.9 Å². The number of hydrogen-bond donors (Lipinski definition) is 0. The van der Waals surface area contributed by atoms with Crippen molar-refractivity contribution in [3.05, 3.63) is 136 Å². The van der Waals surface area contributed by atoms with Gasteiger partial charge < -0.3 is 9.47 Å². The maximum atomic E-state index is 14.4. The summed E-state index contributed by atoms with van der Waals surface area (Å²) in [6.45, 7) is 15.7. The van der Waals surface area contributed by atoms with Crippen LogP contribution >= 0.6 is 0 Å². The second-order valence-electron chi connectivity index (χ2n) is 15.8. The smallest absolute Gasteiger partial charge is 0.333 e. The molecule has 2 aliphatic heterocycles. The monoisotopic (exact) mass is 748 g/mol. The van der Waals surface area contributed by atoms with Crippen molar-refractivity contribution in [2.45, 2.75) is 92.7 Å². The van der Waals surface area contributed by atoms with Crippen molar-refractivity contribution in [2.24, 2.45) is 11.8 Å². The number of likely N-dealkylation sites (N-methyl/N-ethyl adjacent to an activating group) is 1. The summed E-state index contributed by atoms with van der Waals surface area (Å²) in [5.41, 5.74) is 7.49. The summed E-state index contributed by atoms with van der Waals surface area (Å²) in [7, 11) is 1.48. The van der Waals surface area contributed by atoms with Crippen molar-refractivity contribution < 1.29 is 14.4 Å². The van der Waals surface area contributed by atoms with E-state index in [2.05, 4.69) is 148 Å². The van der Waals surface area contributed by atoms with Gasteiger partial charge in [-0.3, -0.25) is 19.4 Å². The van der Waals surface area contributed by atoms with Gasteiger partial charge in [-0.25, -0.2) is 4.79 Å². The molecule has 4 aliphatic rings. The molecule has 7 nitrogen and oxygen atoms in total. The molecule has 4 atom stereocenters. The number of aromatic nitrogens is 1.